The third-order valence-corrected chi connectivity index (χ3v) is 2.76. The lowest BCUT2D eigenvalue weighted by Crippen LogP contribution is -1.92. The molecule has 104 valence electrons. The van der Waals surface area contributed by atoms with E-state index in [2.05, 4.69) is 46.3 Å². The van der Waals surface area contributed by atoms with E-state index in [9.17, 15) is 0 Å². The molecule has 1 aromatic carbocycles. The maximum Gasteiger partial charge on any atom is 0.0811 e. The van der Waals surface area contributed by atoms with Gasteiger partial charge in [-0.2, -0.15) is 0 Å². The summed E-state index contributed by atoms with van der Waals surface area (Å²) in [6, 6.07) is 10.3. The number of benzene rings is 1. The van der Waals surface area contributed by atoms with Gasteiger partial charge in [-0.3, -0.25) is 9.98 Å². The molecule has 3 heteroatoms. The van der Waals surface area contributed by atoms with Crippen LogP contribution < -0.4 is 0 Å². The van der Waals surface area contributed by atoms with Crippen molar-refractivity contribution in [2.45, 2.75) is 0 Å². The molecule has 0 aliphatic rings. The van der Waals surface area contributed by atoms with Crippen molar-refractivity contribution in [3.8, 4) is 0 Å². The van der Waals surface area contributed by atoms with E-state index >= 15 is 0 Å². The highest BCUT2D eigenvalue weighted by atomic mass is 14.7. The van der Waals surface area contributed by atoms with Gasteiger partial charge >= 0.3 is 0 Å². The first-order valence-corrected chi connectivity index (χ1v) is 6.59. The lowest BCUT2D eigenvalue weighted by Gasteiger charge is -1.88. The molecular weight excluding hydrogens is 258 g/mol. The van der Waals surface area contributed by atoms with Gasteiger partial charge in [-0.15, -0.1) is 0 Å². The van der Waals surface area contributed by atoms with Crippen molar-refractivity contribution in [2.75, 3.05) is 0 Å². The molecule has 2 aromatic rings. The number of allylic oxidation sites excluding steroid dienone is 3. The average molecular weight is 275 g/mol. The fourth-order valence-electron chi connectivity index (χ4n) is 1.85. The van der Waals surface area contributed by atoms with Crippen LogP contribution in [0.1, 0.15) is 5.69 Å². The number of H-pyrrole nitrogens is 1. The van der Waals surface area contributed by atoms with Gasteiger partial charge in [0.05, 0.1) is 11.9 Å². The zero-order valence-electron chi connectivity index (χ0n) is 11.7. The summed E-state index contributed by atoms with van der Waals surface area (Å²) < 4.78 is 0. The van der Waals surface area contributed by atoms with Gasteiger partial charge in [0.15, 0.2) is 0 Å². The summed E-state index contributed by atoms with van der Waals surface area (Å²) in [5.74, 6) is 0. The first kappa shape index (κ1) is 14.5. The van der Waals surface area contributed by atoms with E-state index in [4.69, 9.17) is 0 Å². The number of rotatable bonds is 6. The topological polar surface area (TPSA) is 40.5 Å². The van der Waals surface area contributed by atoms with Crippen LogP contribution in [0.2, 0.25) is 0 Å². The maximum absolute atomic E-state index is 4.10. The molecule has 0 amide bonds. The molecule has 0 bridgehead atoms. The molecule has 0 saturated heterocycles. The van der Waals surface area contributed by atoms with Gasteiger partial charge in [0.25, 0.3) is 0 Å². The largest absolute Gasteiger partial charge is 0.355 e. The van der Waals surface area contributed by atoms with E-state index in [1.165, 1.54) is 17.8 Å². The highest BCUT2D eigenvalue weighted by Gasteiger charge is 1.95. The molecule has 21 heavy (non-hydrogen) atoms. The molecule has 1 aromatic heterocycles. The number of aliphatic imine (C=N–C) groups is 2. The zero-order valence-corrected chi connectivity index (χ0v) is 11.7. The summed E-state index contributed by atoms with van der Waals surface area (Å²) in [6.07, 6.45) is 12.3. The molecule has 0 saturated carbocycles. The lowest BCUT2D eigenvalue weighted by molar-refractivity contribution is 1.43. The summed E-state index contributed by atoms with van der Waals surface area (Å²) in [4.78, 5) is 11.4. The Bertz CT molecular complexity index is 710. The Hall–Kier alpha value is -2.94. The van der Waals surface area contributed by atoms with Crippen molar-refractivity contribution in [1.29, 1.82) is 0 Å². The number of hydrogen-bond acceptors (Lipinski definition) is 2. The number of para-hydroxylation sites is 1. The SMILES string of the molecule is C=CN=CC(/C=C/C=C/c1cc2ccccc2[nH]1)=NC=C. The summed E-state index contributed by atoms with van der Waals surface area (Å²) in [6.45, 7) is 7.11. The van der Waals surface area contributed by atoms with Crippen molar-refractivity contribution in [2.24, 2.45) is 9.98 Å². The minimum Gasteiger partial charge on any atom is -0.355 e. The van der Waals surface area contributed by atoms with Crippen LogP contribution in [0.25, 0.3) is 17.0 Å². The Balaban J connectivity index is 2.08. The van der Waals surface area contributed by atoms with E-state index in [-0.39, 0.29) is 0 Å². The maximum atomic E-state index is 4.10. The second-order valence-corrected chi connectivity index (χ2v) is 4.23. The fraction of sp³-hybridized carbons (Fsp3) is 0. The van der Waals surface area contributed by atoms with Gasteiger partial charge in [0.1, 0.15) is 0 Å². The molecule has 0 unspecified atom stereocenters. The van der Waals surface area contributed by atoms with Crippen LogP contribution in [0.15, 0.2) is 84.1 Å². The van der Waals surface area contributed by atoms with Gasteiger partial charge in [-0.1, -0.05) is 43.5 Å². The molecule has 0 radical (unpaired) electrons. The van der Waals surface area contributed by atoms with E-state index in [1.807, 2.05) is 36.4 Å². The number of hydrogen-bond donors (Lipinski definition) is 1. The summed E-state index contributed by atoms with van der Waals surface area (Å²) in [7, 11) is 0. The monoisotopic (exact) mass is 275 g/mol. The van der Waals surface area contributed by atoms with Crippen molar-refractivity contribution in [1.82, 2.24) is 4.98 Å². The molecule has 0 fully saturated rings. The summed E-state index contributed by atoms with van der Waals surface area (Å²) >= 11 is 0. The lowest BCUT2D eigenvalue weighted by atomic mass is 10.2. The van der Waals surface area contributed by atoms with Gasteiger partial charge in [0.2, 0.25) is 0 Å². The van der Waals surface area contributed by atoms with E-state index < -0.39 is 0 Å². The fourth-order valence-corrected chi connectivity index (χ4v) is 1.85. The molecule has 0 spiro atoms. The quantitative estimate of drug-likeness (QED) is 0.594. The standard InChI is InChI=1S/C18H17N3/c1-3-19-14-17(20-4-2)11-7-6-10-16-13-15-9-5-8-12-18(15)21-16/h3-14,21H,1-2H2/b10-6+,11-7+,19-14?,20-17?. The number of fused-ring (bicyclic) bond motifs is 1. The van der Waals surface area contributed by atoms with Crippen LogP contribution in [-0.2, 0) is 0 Å². The molecule has 1 heterocycles. The molecule has 2 rings (SSSR count). The first-order valence-electron chi connectivity index (χ1n) is 6.59. The normalized spacial score (nSPS) is 12.9. The van der Waals surface area contributed by atoms with Crippen molar-refractivity contribution < 1.29 is 0 Å². The number of aromatic nitrogens is 1. The Morgan fingerprint density at radius 2 is 1.95 bits per heavy atom. The van der Waals surface area contributed by atoms with Crippen LogP contribution >= 0.6 is 0 Å². The molecule has 0 atom stereocenters. The van der Waals surface area contributed by atoms with Crippen LogP contribution in [0.5, 0.6) is 0 Å². The van der Waals surface area contributed by atoms with Crippen LogP contribution in [0.3, 0.4) is 0 Å². The minimum absolute atomic E-state index is 0.714. The number of nitrogens with one attached hydrogen (secondary N) is 1. The Kier molecular flexibility index (Phi) is 5.24. The van der Waals surface area contributed by atoms with Crippen LogP contribution in [0, 0.1) is 0 Å². The van der Waals surface area contributed by atoms with Gasteiger partial charge in [-0.25, -0.2) is 0 Å². The molecule has 1 N–H and O–H groups in total. The van der Waals surface area contributed by atoms with E-state index in [0.29, 0.717) is 5.71 Å². The first-order chi connectivity index (χ1) is 10.3. The Labute approximate surface area is 124 Å². The zero-order chi connectivity index (χ0) is 14.9. The molecule has 0 aliphatic carbocycles. The third-order valence-electron chi connectivity index (χ3n) is 2.76. The number of nitrogens with zero attached hydrogens (tertiary/aromatic N) is 2. The van der Waals surface area contributed by atoms with Crippen molar-refractivity contribution >= 4 is 28.9 Å². The highest BCUT2D eigenvalue weighted by Crippen LogP contribution is 2.15. The van der Waals surface area contributed by atoms with Gasteiger partial charge in [0, 0.05) is 23.6 Å². The Morgan fingerprint density at radius 3 is 2.71 bits per heavy atom. The molecular formula is C18H17N3. The predicted octanol–water partition coefficient (Wildman–Crippen LogP) is 4.54. The summed E-state index contributed by atoms with van der Waals surface area (Å²) in [5.41, 5.74) is 2.90. The third kappa shape index (κ3) is 4.28. The van der Waals surface area contributed by atoms with Gasteiger partial charge < -0.3 is 4.98 Å². The molecule has 0 aliphatic heterocycles. The molecule has 3 nitrogen and oxygen atoms in total. The second kappa shape index (κ2) is 7.60. The van der Waals surface area contributed by atoms with Crippen molar-refractivity contribution in [3.05, 3.63) is 79.8 Å². The average Bonchev–Trinajstić information content (AvgIpc) is 2.91. The highest BCUT2D eigenvalue weighted by molar-refractivity contribution is 6.36. The minimum atomic E-state index is 0.714. The van der Waals surface area contributed by atoms with Gasteiger partial charge in [-0.05, 0) is 29.7 Å². The smallest absolute Gasteiger partial charge is 0.0811 e. The van der Waals surface area contributed by atoms with Crippen LogP contribution in [-0.4, -0.2) is 16.9 Å². The van der Waals surface area contributed by atoms with Crippen LogP contribution in [0.4, 0.5) is 0 Å². The van der Waals surface area contributed by atoms with Crippen molar-refractivity contribution in [3.63, 3.8) is 0 Å². The summed E-state index contributed by atoms with van der Waals surface area (Å²) in [5, 5.41) is 1.20. The number of aromatic amines is 1. The second-order valence-electron chi connectivity index (χ2n) is 4.23. The Morgan fingerprint density at radius 1 is 1.10 bits per heavy atom. The predicted molar refractivity (Wildman–Crippen MR) is 92.8 cm³/mol. The van der Waals surface area contributed by atoms with E-state index in [1.54, 1.807) is 6.21 Å². The van der Waals surface area contributed by atoms with E-state index in [0.717, 1.165) is 11.2 Å².